The number of carbonyl (C=O) groups excluding carboxylic acids is 2. The van der Waals surface area contributed by atoms with Gasteiger partial charge in [0.2, 0.25) is 5.91 Å². The molecule has 180 valence electrons. The van der Waals surface area contributed by atoms with E-state index in [-0.39, 0.29) is 25.0 Å². The molecule has 2 aromatic rings. The Labute approximate surface area is 207 Å². The molecule has 0 spiro atoms. The third-order valence-electron chi connectivity index (χ3n) is 5.34. The quantitative estimate of drug-likeness (QED) is 0.413. The number of carbonyl (C=O) groups is 2. The molecule has 1 N–H and O–H groups in total. The van der Waals surface area contributed by atoms with Crippen molar-refractivity contribution < 1.29 is 14.3 Å². The molecular formula is C26H34Cl2N2O3. The van der Waals surface area contributed by atoms with Gasteiger partial charge in [0, 0.05) is 23.1 Å². The van der Waals surface area contributed by atoms with Crippen LogP contribution in [0, 0.1) is 5.92 Å². The van der Waals surface area contributed by atoms with E-state index in [1.54, 1.807) is 18.2 Å². The van der Waals surface area contributed by atoms with Crippen molar-refractivity contribution in [3.05, 3.63) is 63.6 Å². The van der Waals surface area contributed by atoms with Gasteiger partial charge in [0.15, 0.2) is 6.61 Å². The Bertz CT molecular complexity index is 930. The van der Waals surface area contributed by atoms with Gasteiger partial charge >= 0.3 is 0 Å². The van der Waals surface area contributed by atoms with Crippen LogP contribution in [0.15, 0.2) is 42.5 Å². The van der Waals surface area contributed by atoms with Crippen LogP contribution in [0.2, 0.25) is 10.0 Å². The molecule has 0 saturated heterocycles. The van der Waals surface area contributed by atoms with Crippen molar-refractivity contribution in [3.63, 3.8) is 0 Å². The van der Waals surface area contributed by atoms with Crippen molar-refractivity contribution in [2.75, 3.05) is 13.2 Å². The monoisotopic (exact) mass is 492 g/mol. The van der Waals surface area contributed by atoms with Crippen LogP contribution in [0.5, 0.6) is 5.75 Å². The van der Waals surface area contributed by atoms with Crippen LogP contribution in [-0.2, 0) is 16.1 Å². The molecule has 0 bridgehead atoms. The fourth-order valence-corrected chi connectivity index (χ4v) is 3.82. The molecule has 1 atom stereocenters. The molecule has 7 heteroatoms. The Balaban J connectivity index is 2.21. The largest absolute Gasteiger partial charge is 0.484 e. The molecule has 0 fully saturated rings. The number of nitrogens with zero attached hydrogens (tertiary/aromatic N) is 1. The summed E-state index contributed by atoms with van der Waals surface area (Å²) >= 11 is 12.4. The molecule has 0 aromatic heterocycles. The minimum absolute atomic E-state index is 0.179. The van der Waals surface area contributed by atoms with Crippen LogP contribution >= 0.6 is 23.2 Å². The van der Waals surface area contributed by atoms with E-state index in [4.69, 9.17) is 27.9 Å². The summed E-state index contributed by atoms with van der Waals surface area (Å²) in [6.45, 7) is 10.7. The molecule has 0 aliphatic heterocycles. The van der Waals surface area contributed by atoms with E-state index >= 15 is 0 Å². The van der Waals surface area contributed by atoms with Crippen molar-refractivity contribution in [2.24, 2.45) is 5.92 Å². The van der Waals surface area contributed by atoms with Crippen LogP contribution in [0.3, 0.4) is 0 Å². The molecule has 2 aromatic carbocycles. The zero-order chi connectivity index (χ0) is 24.5. The second-order valence-corrected chi connectivity index (χ2v) is 9.68. The van der Waals surface area contributed by atoms with Crippen LogP contribution in [0.1, 0.15) is 58.1 Å². The lowest BCUT2D eigenvalue weighted by Gasteiger charge is -2.31. The lowest BCUT2D eigenvalue weighted by molar-refractivity contribution is -0.143. The highest BCUT2D eigenvalue weighted by molar-refractivity contribution is 6.35. The summed E-state index contributed by atoms with van der Waals surface area (Å²) in [6, 6.07) is 12.2. The molecule has 0 saturated carbocycles. The number of halogens is 2. The fourth-order valence-electron chi connectivity index (χ4n) is 3.35. The predicted octanol–water partition coefficient (Wildman–Crippen LogP) is 6.08. The van der Waals surface area contributed by atoms with Crippen molar-refractivity contribution in [1.29, 1.82) is 0 Å². The first-order valence-corrected chi connectivity index (χ1v) is 12.1. The lowest BCUT2D eigenvalue weighted by Crippen LogP contribution is -2.50. The normalized spacial score (nSPS) is 12.0. The average molecular weight is 493 g/mol. The van der Waals surface area contributed by atoms with Gasteiger partial charge in [0.1, 0.15) is 11.8 Å². The summed E-state index contributed by atoms with van der Waals surface area (Å²) in [5.74, 6) is 0.842. The third kappa shape index (κ3) is 8.24. The van der Waals surface area contributed by atoms with Gasteiger partial charge in [-0.15, -0.1) is 0 Å². The van der Waals surface area contributed by atoms with Crippen molar-refractivity contribution in [1.82, 2.24) is 10.2 Å². The second-order valence-electron chi connectivity index (χ2n) is 8.83. The van der Waals surface area contributed by atoms with E-state index in [0.29, 0.717) is 46.2 Å². The number of amides is 2. The summed E-state index contributed by atoms with van der Waals surface area (Å²) in [5.41, 5.74) is 1.91. The smallest absolute Gasteiger partial charge is 0.261 e. The van der Waals surface area contributed by atoms with Crippen LogP contribution in [-0.4, -0.2) is 35.9 Å². The molecule has 0 heterocycles. The Morgan fingerprint density at radius 2 is 1.70 bits per heavy atom. The lowest BCUT2D eigenvalue weighted by atomic mass is 10.0. The molecule has 5 nitrogen and oxygen atoms in total. The van der Waals surface area contributed by atoms with Gasteiger partial charge in [-0.1, -0.05) is 76.0 Å². The van der Waals surface area contributed by atoms with Gasteiger partial charge in [0.05, 0.1) is 0 Å². The Morgan fingerprint density at radius 3 is 2.24 bits per heavy atom. The Morgan fingerprint density at radius 1 is 1.03 bits per heavy atom. The Hall–Kier alpha value is -2.24. The highest BCUT2D eigenvalue weighted by atomic mass is 35.5. The number of hydrogen-bond acceptors (Lipinski definition) is 3. The van der Waals surface area contributed by atoms with E-state index in [1.165, 1.54) is 10.5 Å². The fraction of sp³-hybridized carbons (Fsp3) is 0.462. The molecular weight excluding hydrogens is 459 g/mol. The number of nitrogens with one attached hydrogen (secondary N) is 1. The van der Waals surface area contributed by atoms with Crippen LogP contribution in [0.25, 0.3) is 0 Å². The maximum atomic E-state index is 13.3. The van der Waals surface area contributed by atoms with Gasteiger partial charge in [0.25, 0.3) is 5.91 Å². The van der Waals surface area contributed by atoms with Gasteiger partial charge in [-0.05, 0) is 53.6 Å². The molecule has 0 radical (unpaired) electrons. The van der Waals surface area contributed by atoms with Crippen LogP contribution < -0.4 is 10.1 Å². The highest BCUT2D eigenvalue weighted by Gasteiger charge is 2.29. The zero-order valence-corrected chi connectivity index (χ0v) is 21.5. The number of rotatable bonds is 11. The minimum atomic E-state index is -0.644. The number of benzene rings is 2. The maximum absolute atomic E-state index is 13.3. The van der Waals surface area contributed by atoms with Gasteiger partial charge in [-0.25, -0.2) is 0 Å². The SMILES string of the molecule is CC[C@@H](C(=O)NCC(C)C)N(Cc1ccc(Cl)cc1Cl)C(=O)COc1ccc(C(C)C)cc1. The summed E-state index contributed by atoms with van der Waals surface area (Å²) in [5, 5.41) is 3.90. The summed E-state index contributed by atoms with van der Waals surface area (Å²) in [7, 11) is 0. The molecule has 0 unspecified atom stereocenters. The minimum Gasteiger partial charge on any atom is -0.484 e. The predicted molar refractivity (Wildman–Crippen MR) is 135 cm³/mol. The first kappa shape index (κ1) is 27.0. The van der Waals surface area contributed by atoms with Crippen molar-refractivity contribution >= 4 is 35.0 Å². The zero-order valence-electron chi connectivity index (χ0n) is 20.0. The van der Waals surface area contributed by atoms with Crippen LogP contribution in [0.4, 0.5) is 0 Å². The second kappa shape index (κ2) is 12.9. The summed E-state index contributed by atoms with van der Waals surface area (Å²) < 4.78 is 5.77. The van der Waals surface area contributed by atoms with E-state index in [0.717, 1.165) is 0 Å². The van der Waals surface area contributed by atoms with Gasteiger partial charge in [-0.3, -0.25) is 9.59 Å². The first-order valence-electron chi connectivity index (χ1n) is 11.4. The first-order chi connectivity index (χ1) is 15.6. The highest BCUT2D eigenvalue weighted by Crippen LogP contribution is 2.24. The van der Waals surface area contributed by atoms with Crippen molar-refractivity contribution in [3.8, 4) is 5.75 Å². The molecule has 33 heavy (non-hydrogen) atoms. The van der Waals surface area contributed by atoms with E-state index < -0.39 is 6.04 Å². The van der Waals surface area contributed by atoms with E-state index in [9.17, 15) is 9.59 Å². The Kier molecular flexibility index (Phi) is 10.5. The van der Waals surface area contributed by atoms with Gasteiger partial charge in [-0.2, -0.15) is 0 Å². The van der Waals surface area contributed by atoms with Gasteiger partial charge < -0.3 is 15.0 Å². The average Bonchev–Trinajstić information content (AvgIpc) is 2.77. The third-order valence-corrected chi connectivity index (χ3v) is 5.92. The number of hydrogen-bond donors (Lipinski definition) is 1. The number of ether oxygens (including phenoxy) is 1. The molecule has 0 aliphatic rings. The van der Waals surface area contributed by atoms with E-state index in [1.807, 2.05) is 45.0 Å². The maximum Gasteiger partial charge on any atom is 0.261 e. The topological polar surface area (TPSA) is 58.6 Å². The van der Waals surface area contributed by atoms with E-state index in [2.05, 4.69) is 19.2 Å². The molecule has 2 rings (SSSR count). The molecule has 2 amide bonds. The summed E-state index contributed by atoms with van der Waals surface area (Å²) in [4.78, 5) is 27.7. The summed E-state index contributed by atoms with van der Waals surface area (Å²) in [6.07, 6.45) is 0.462. The standard InChI is InChI=1S/C26H34Cl2N2O3/c1-6-24(26(32)29-14-17(2)3)30(15-20-7-10-21(27)13-23(20)28)25(31)16-33-22-11-8-19(9-12-22)18(4)5/h7-13,17-18,24H,6,14-16H2,1-5H3,(H,29,32)/t24-/m0/s1. The van der Waals surface area contributed by atoms with Crippen molar-refractivity contribution in [2.45, 2.75) is 59.5 Å². The molecule has 0 aliphatic carbocycles.